The van der Waals surface area contributed by atoms with Gasteiger partial charge in [-0.15, -0.1) is 0 Å². The number of nitrogens with zero attached hydrogens (tertiary/aromatic N) is 1. The normalized spacial score (nSPS) is 45.8. The highest BCUT2D eigenvalue weighted by atomic mass is 19.1. The van der Waals surface area contributed by atoms with Crippen LogP contribution in [0.3, 0.4) is 0 Å². The van der Waals surface area contributed by atoms with Crippen molar-refractivity contribution in [2.24, 2.45) is 0 Å². The molecule has 2 aliphatic rings. The number of rotatable bonds is 0. The van der Waals surface area contributed by atoms with Crippen molar-refractivity contribution in [1.82, 2.24) is 10.2 Å². The molecule has 0 unspecified atom stereocenters. The van der Waals surface area contributed by atoms with Crippen LogP contribution in [0.1, 0.15) is 13.3 Å². The second-order valence-corrected chi connectivity index (χ2v) is 3.75. The molecular formula is C8H15FN2. The van der Waals surface area contributed by atoms with Crippen LogP contribution in [0.25, 0.3) is 0 Å². The molecule has 0 aromatic carbocycles. The monoisotopic (exact) mass is 158 g/mol. The summed E-state index contributed by atoms with van der Waals surface area (Å²) < 4.78 is 12.9. The lowest BCUT2D eigenvalue weighted by molar-refractivity contribution is 0.176. The number of hydrogen-bond donors (Lipinski definition) is 1. The second-order valence-electron chi connectivity index (χ2n) is 3.75. The van der Waals surface area contributed by atoms with Gasteiger partial charge in [-0.25, -0.2) is 4.39 Å². The molecular weight excluding hydrogens is 143 g/mol. The first kappa shape index (κ1) is 7.50. The molecule has 1 N–H and O–H groups in total. The van der Waals surface area contributed by atoms with Crippen LogP contribution in [0, 0.1) is 0 Å². The Balaban J connectivity index is 1.97. The maximum Gasteiger partial charge on any atom is 0.114 e. The Hall–Kier alpha value is -0.150. The van der Waals surface area contributed by atoms with E-state index in [2.05, 4.69) is 17.1 Å². The van der Waals surface area contributed by atoms with Gasteiger partial charge in [0.05, 0.1) is 0 Å². The Labute approximate surface area is 66.8 Å². The van der Waals surface area contributed by atoms with Crippen LogP contribution in [-0.4, -0.2) is 42.8 Å². The molecule has 0 spiro atoms. The molecule has 0 saturated carbocycles. The molecule has 2 fully saturated rings. The third-order valence-corrected chi connectivity index (χ3v) is 2.69. The third-order valence-electron chi connectivity index (χ3n) is 2.69. The fourth-order valence-corrected chi connectivity index (χ4v) is 2.11. The van der Waals surface area contributed by atoms with Crippen molar-refractivity contribution in [3.63, 3.8) is 0 Å². The fraction of sp³-hybridized carbons (Fsp3) is 1.00. The summed E-state index contributed by atoms with van der Waals surface area (Å²) in [7, 11) is 0. The summed E-state index contributed by atoms with van der Waals surface area (Å²) in [6.45, 7) is 4.81. The molecule has 3 heteroatoms. The van der Waals surface area contributed by atoms with E-state index in [4.69, 9.17) is 0 Å². The predicted octanol–water partition coefficient (Wildman–Crippen LogP) is 0.390. The molecule has 2 rings (SSSR count). The van der Waals surface area contributed by atoms with Crippen LogP contribution in [0.4, 0.5) is 4.39 Å². The van der Waals surface area contributed by atoms with Gasteiger partial charge in [0.25, 0.3) is 0 Å². The summed E-state index contributed by atoms with van der Waals surface area (Å²) in [6.07, 6.45) is 0.159. The summed E-state index contributed by atoms with van der Waals surface area (Å²) in [5, 5.41) is 3.37. The van der Waals surface area contributed by atoms with Crippen molar-refractivity contribution in [2.75, 3.05) is 19.6 Å². The Kier molecular flexibility index (Phi) is 1.85. The Morgan fingerprint density at radius 2 is 2.27 bits per heavy atom. The van der Waals surface area contributed by atoms with Crippen molar-refractivity contribution >= 4 is 0 Å². The highest BCUT2D eigenvalue weighted by Gasteiger charge is 2.35. The zero-order valence-corrected chi connectivity index (χ0v) is 6.89. The number of nitrogens with one attached hydrogen (secondary N) is 1. The molecule has 3 atom stereocenters. The maximum atomic E-state index is 12.9. The smallest absolute Gasteiger partial charge is 0.114 e. The molecule has 11 heavy (non-hydrogen) atoms. The Morgan fingerprint density at radius 1 is 1.45 bits per heavy atom. The first-order valence-electron chi connectivity index (χ1n) is 4.37. The molecule has 0 aromatic heterocycles. The van der Waals surface area contributed by atoms with Crippen LogP contribution in [0.5, 0.6) is 0 Å². The van der Waals surface area contributed by atoms with Gasteiger partial charge in [0.15, 0.2) is 0 Å². The number of hydrogen-bond acceptors (Lipinski definition) is 2. The number of halogens is 1. The van der Waals surface area contributed by atoms with Crippen molar-refractivity contribution in [1.29, 1.82) is 0 Å². The lowest BCUT2D eigenvalue weighted by Crippen LogP contribution is -2.52. The summed E-state index contributed by atoms with van der Waals surface area (Å²) in [5.74, 6) is 0. The first-order valence-corrected chi connectivity index (χ1v) is 4.37. The molecule has 64 valence electrons. The molecule has 2 nitrogen and oxygen atoms in total. The minimum Gasteiger partial charge on any atom is -0.311 e. The molecule has 0 radical (unpaired) electrons. The average Bonchev–Trinajstić information content (AvgIpc) is 2.27. The maximum absolute atomic E-state index is 12.9. The van der Waals surface area contributed by atoms with E-state index >= 15 is 0 Å². The predicted molar refractivity (Wildman–Crippen MR) is 42.3 cm³/mol. The van der Waals surface area contributed by atoms with Gasteiger partial charge < -0.3 is 5.32 Å². The van der Waals surface area contributed by atoms with Crippen molar-refractivity contribution in [2.45, 2.75) is 31.6 Å². The molecule has 0 aromatic rings. The van der Waals surface area contributed by atoms with E-state index in [1.54, 1.807) is 0 Å². The molecule has 0 aliphatic carbocycles. The quantitative estimate of drug-likeness (QED) is 0.548. The molecule has 2 aliphatic heterocycles. The van der Waals surface area contributed by atoms with Crippen molar-refractivity contribution < 1.29 is 4.39 Å². The summed E-state index contributed by atoms with van der Waals surface area (Å²) in [6, 6.07) is 1.01. The van der Waals surface area contributed by atoms with Gasteiger partial charge in [0, 0.05) is 31.7 Å². The zero-order chi connectivity index (χ0) is 7.84. The molecule has 0 bridgehead atoms. The fourth-order valence-electron chi connectivity index (χ4n) is 2.11. The number of alkyl halides is 1. The van der Waals surface area contributed by atoms with Gasteiger partial charge in [0.2, 0.25) is 0 Å². The Morgan fingerprint density at radius 3 is 3.09 bits per heavy atom. The van der Waals surface area contributed by atoms with E-state index in [-0.39, 0.29) is 0 Å². The van der Waals surface area contributed by atoms with Gasteiger partial charge in [0.1, 0.15) is 6.17 Å². The molecule has 2 heterocycles. The van der Waals surface area contributed by atoms with E-state index in [1.165, 1.54) is 0 Å². The summed E-state index contributed by atoms with van der Waals surface area (Å²) in [5.41, 5.74) is 0. The van der Waals surface area contributed by atoms with E-state index < -0.39 is 6.17 Å². The molecule has 0 amide bonds. The SMILES string of the molecule is C[C@H]1CN2C[C@H](F)C[C@H]2CN1. The molecule has 2 saturated heterocycles. The number of piperazine rings is 1. The Bertz CT molecular complexity index is 151. The highest BCUT2D eigenvalue weighted by molar-refractivity contribution is 4.92. The largest absolute Gasteiger partial charge is 0.311 e. The summed E-state index contributed by atoms with van der Waals surface area (Å²) in [4.78, 5) is 2.27. The van der Waals surface area contributed by atoms with Gasteiger partial charge in [-0.3, -0.25) is 4.90 Å². The minimum atomic E-state index is -0.577. The van der Waals surface area contributed by atoms with Gasteiger partial charge in [-0.2, -0.15) is 0 Å². The summed E-state index contributed by atoms with van der Waals surface area (Å²) >= 11 is 0. The minimum absolute atomic E-state index is 0.473. The van der Waals surface area contributed by atoms with Crippen LogP contribution in [-0.2, 0) is 0 Å². The van der Waals surface area contributed by atoms with Crippen LogP contribution < -0.4 is 5.32 Å². The van der Waals surface area contributed by atoms with Crippen LogP contribution in [0.2, 0.25) is 0 Å². The first-order chi connectivity index (χ1) is 5.25. The average molecular weight is 158 g/mol. The zero-order valence-electron chi connectivity index (χ0n) is 6.89. The highest BCUT2D eigenvalue weighted by Crippen LogP contribution is 2.22. The van der Waals surface area contributed by atoms with E-state index in [0.29, 0.717) is 18.6 Å². The number of fused-ring (bicyclic) bond motifs is 1. The van der Waals surface area contributed by atoms with Crippen molar-refractivity contribution in [3.05, 3.63) is 0 Å². The van der Waals surface area contributed by atoms with Gasteiger partial charge in [-0.05, 0) is 13.3 Å². The van der Waals surface area contributed by atoms with Crippen molar-refractivity contribution in [3.8, 4) is 0 Å². The van der Waals surface area contributed by atoms with Crippen LogP contribution >= 0.6 is 0 Å². The van der Waals surface area contributed by atoms with Gasteiger partial charge >= 0.3 is 0 Å². The van der Waals surface area contributed by atoms with E-state index in [1.807, 2.05) is 0 Å². The standard InChI is InChI=1S/C8H15FN2/c1-6-4-11-5-7(9)2-8(11)3-10-6/h6-8,10H,2-5H2,1H3/t6-,7+,8-/m0/s1. The topological polar surface area (TPSA) is 15.3 Å². The lowest BCUT2D eigenvalue weighted by atomic mass is 10.1. The lowest BCUT2D eigenvalue weighted by Gasteiger charge is -2.33. The van der Waals surface area contributed by atoms with Crippen LogP contribution in [0.15, 0.2) is 0 Å². The van der Waals surface area contributed by atoms with E-state index in [9.17, 15) is 4.39 Å². The third kappa shape index (κ3) is 1.40. The van der Waals surface area contributed by atoms with Gasteiger partial charge in [-0.1, -0.05) is 0 Å². The van der Waals surface area contributed by atoms with E-state index in [0.717, 1.165) is 19.5 Å². The second kappa shape index (κ2) is 2.72.